The van der Waals surface area contributed by atoms with Gasteiger partial charge in [0.25, 0.3) is 0 Å². The Hall–Kier alpha value is -3.32. The molecule has 2 aliphatic rings. The van der Waals surface area contributed by atoms with Crippen LogP contribution in [0.15, 0.2) is 36.4 Å². The Morgan fingerprint density at radius 3 is 1.35 bits per heavy atom. The molecule has 0 bridgehead atoms. The van der Waals surface area contributed by atoms with Crippen LogP contribution in [0.4, 0.5) is 0 Å². The van der Waals surface area contributed by atoms with E-state index in [1.54, 1.807) is 0 Å². The molecule has 4 rings (SSSR count). The fourth-order valence-corrected chi connectivity index (χ4v) is 10.3. The van der Waals surface area contributed by atoms with Crippen LogP contribution in [0.25, 0.3) is 0 Å². The lowest BCUT2D eigenvalue weighted by Gasteiger charge is -2.34. The normalized spacial score (nSPS) is 16.1. The molecule has 7 nitrogen and oxygen atoms in total. The van der Waals surface area contributed by atoms with E-state index in [9.17, 15) is 24.3 Å². The smallest absolute Gasteiger partial charge is 0.303 e. The lowest BCUT2D eigenvalue weighted by molar-refractivity contribution is -0.305. The van der Waals surface area contributed by atoms with Crippen molar-refractivity contribution in [1.82, 2.24) is 4.90 Å². The quantitative estimate of drug-likeness (QED) is 0.0775. The summed E-state index contributed by atoms with van der Waals surface area (Å²) in [6.07, 6.45) is 35.9. The highest BCUT2D eigenvalue weighted by molar-refractivity contribution is 5.87. The molecule has 0 spiro atoms. The van der Waals surface area contributed by atoms with Crippen LogP contribution in [0.3, 0.4) is 0 Å². The summed E-state index contributed by atoms with van der Waals surface area (Å²) in [5.41, 5.74) is 7.52. The molecule has 0 radical (unpaired) electrons. The largest absolute Gasteiger partial charge is 0.550 e. The fraction of sp³-hybridized carbons (Fsp3) is 0.750. The van der Waals surface area contributed by atoms with Gasteiger partial charge in [0.1, 0.15) is 5.78 Å². The molecule has 71 heavy (non-hydrogen) atoms. The Kier molecular flexibility index (Phi) is 47.1. The van der Waals surface area contributed by atoms with Crippen LogP contribution < -0.4 is 5.11 Å². The topological polar surface area (TPSA) is 115 Å². The molecule has 0 aromatic heterocycles. The third kappa shape index (κ3) is 33.9. The molecule has 2 aromatic carbocycles. The standard InChI is InChI=1S/C19H28O.C18H27NO.2C12H24O2.3CH4/c1-4-8-16-11-5-6-12-17(16)19(20)13-18-14(2)9-7-10-15(18)3;1-4-11-19-12-6-5-10-17(19)18(20)13-16-14(2)8-7-9-15(16)3;2*1-2-3-4-5-6-7-8-9-10-11-12(13)14;;;/h7,9-10,16-17H,4-6,8,11-13H2,1-3H3;7-9,17H,4-6,10-13H2,1-3H3;2*2-11H2,1H3,(H,13,14);3*1H4/p-1/t16?,17-;17-;;;;;/m10...../s1. The molecular weight excluding hydrogens is 879 g/mol. The SMILES string of the molecule is C.C.C.CCCC1CCCC[C@H]1C(=O)Cc1c(C)cccc1C.CCCCCCCCCCCC(=O)O.CCCCCCCCCCCC(=O)[O-].CCCN1CCCC[C@H]1C(=O)Cc1c(C)cccc1C. The number of likely N-dealkylation sites (tertiary alicyclic amines) is 1. The molecule has 1 N–H and O–H groups in total. The first kappa shape index (κ1) is 71.9. The average molecular weight is 994 g/mol. The second-order valence-corrected chi connectivity index (χ2v) is 20.4. The highest BCUT2D eigenvalue weighted by Gasteiger charge is 2.31. The van der Waals surface area contributed by atoms with E-state index in [2.05, 4.69) is 96.7 Å². The predicted octanol–water partition coefficient (Wildman–Crippen LogP) is 17.3. The molecular formula is C64H114NO6-. The number of aliphatic carboxylic acids is 2. The molecule has 7 heteroatoms. The molecule has 0 amide bonds. The number of piperidine rings is 1. The molecule has 2 fully saturated rings. The van der Waals surface area contributed by atoms with Crippen LogP contribution in [0.1, 0.15) is 276 Å². The van der Waals surface area contributed by atoms with Crippen molar-refractivity contribution < 1.29 is 29.4 Å². The van der Waals surface area contributed by atoms with E-state index < -0.39 is 11.9 Å². The van der Waals surface area contributed by atoms with Crippen molar-refractivity contribution in [3.8, 4) is 0 Å². The second-order valence-electron chi connectivity index (χ2n) is 20.4. The fourth-order valence-electron chi connectivity index (χ4n) is 10.3. The zero-order chi connectivity index (χ0) is 50.4. The molecule has 3 atom stereocenters. The van der Waals surface area contributed by atoms with Gasteiger partial charge in [-0.05, 0) is 131 Å². The van der Waals surface area contributed by atoms with Gasteiger partial charge >= 0.3 is 5.97 Å². The van der Waals surface area contributed by atoms with Gasteiger partial charge in [0.15, 0.2) is 5.78 Å². The lowest BCUT2D eigenvalue weighted by atomic mass is 9.73. The number of aryl methyl sites for hydroxylation is 4. The number of benzene rings is 2. The number of rotatable bonds is 30. The summed E-state index contributed by atoms with van der Waals surface area (Å²) in [6, 6.07) is 12.8. The summed E-state index contributed by atoms with van der Waals surface area (Å²) in [6.45, 7) is 19.5. The lowest BCUT2D eigenvalue weighted by Crippen LogP contribution is -2.45. The van der Waals surface area contributed by atoms with E-state index in [1.165, 1.54) is 168 Å². The highest BCUT2D eigenvalue weighted by Crippen LogP contribution is 2.35. The second kappa shape index (κ2) is 46.5. The minimum Gasteiger partial charge on any atom is -0.550 e. The number of nitrogens with zero attached hydrogens (tertiary/aromatic N) is 1. The van der Waals surface area contributed by atoms with Gasteiger partial charge in [0, 0.05) is 31.1 Å². The van der Waals surface area contributed by atoms with E-state index in [4.69, 9.17) is 5.11 Å². The number of carbonyl (C=O) groups excluding carboxylic acids is 3. The van der Waals surface area contributed by atoms with Crippen molar-refractivity contribution >= 4 is 23.5 Å². The maximum absolute atomic E-state index is 12.8. The molecule has 2 aromatic rings. The molecule has 1 saturated heterocycles. The van der Waals surface area contributed by atoms with Crippen molar-refractivity contribution in [3.63, 3.8) is 0 Å². The molecule has 1 aliphatic carbocycles. The minimum absolute atomic E-state index is 0. The number of carboxylic acid groups (broad SMARTS) is 2. The Morgan fingerprint density at radius 1 is 0.521 bits per heavy atom. The van der Waals surface area contributed by atoms with Gasteiger partial charge in [-0.25, -0.2) is 0 Å². The summed E-state index contributed by atoms with van der Waals surface area (Å²) in [4.78, 5) is 48.2. The van der Waals surface area contributed by atoms with Crippen LogP contribution in [0, 0.1) is 39.5 Å². The van der Waals surface area contributed by atoms with E-state index in [1.807, 2.05) is 0 Å². The van der Waals surface area contributed by atoms with Gasteiger partial charge < -0.3 is 15.0 Å². The minimum atomic E-state index is -0.909. The first-order valence-electron chi connectivity index (χ1n) is 28.1. The number of carbonyl (C=O) groups is 4. The van der Waals surface area contributed by atoms with E-state index in [0.29, 0.717) is 42.7 Å². The maximum atomic E-state index is 12.8. The van der Waals surface area contributed by atoms with Crippen LogP contribution in [0.2, 0.25) is 0 Å². The summed E-state index contributed by atoms with van der Waals surface area (Å²) >= 11 is 0. The van der Waals surface area contributed by atoms with Crippen molar-refractivity contribution in [2.45, 2.75) is 289 Å². The summed E-state index contributed by atoms with van der Waals surface area (Å²) in [7, 11) is 0. The number of hydrogen-bond donors (Lipinski definition) is 1. The maximum Gasteiger partial charge on any atom is 0.303 e. The first-order chi connectivity index (χ1) is 32.8. The summed E-state index contributed by atoms with van der Waals surface area (Å²) in [5, 5.41) is 18.5. The third-order valence-corrected chi connectivity index (χ3v) is 14.4. The molecule has 1 saturated carbocycles. The molecule has 1 heterocycles. The van der Waals surface area contributed by atoms with Gasteiger partial charge in [-0.1, -0.05) is 221 Å². The zero-order valence-corrected chi connectivity index (χ0v) is 45.2. The summed E-state index contributed by atoms with van der Waals surface area (Å²) < 4.78 is 0. The Labute approximate surface area is 439 Å². The van der Waals surface area contributed by atoms with Crippen molar-refractivity contribution in [2.75, 3.05) is 13.1 Å². The number of hydrogen-bond acceptors (Lipinski definition) is 6. The van der Waals surface area contributed by atoms with Crippen LogP contribution in [-0.4, -0.2) is 52.6 Å². The zero-order valence-electron chi connectivity index (χ0n) is 45.2. The Balaban J connectivity index is -0.000000870. The number of Topliss-reactive ketones (excluding diaryl/α,β-unsaturated/α-hetero) is 2. The number of unbranched alkanes of at least 4 members (excludes halogenated alkanes) is 16. The molecule has 412 valence electrons. The van der Waals surface area contributed by atoms with Crippen molar-refractivity contribution in [3.05, 3.63) is 69.8 Å². The monoisotopic (exact) mass is 993 g/mol. The Morgan fingerprint density at radius 2 is 0.930 bits per heavy atom. The number of ketones is 2. The van der Waals surface area contributed by atoms with E-state index in [-0.39, 0.29) is 34.7 Å². The summed E-state index contributed by atoms with van der Waals surface area (Å²) in [5.74, 6) is 0.297. The van der Waals surface area contributed by atoms with Gasteiger partial charge in [-0.15, -0.1) is 0 Å². The predicted molar refractivity (Wildman–Crippen MR) is 306 cm³/mol. The average Bonchev–Trinajstić information content (AvgIpc) is 3.31. The van der Waals surface area contributed by atoms with Crippen LogP contribution in [-0.2, 0) is 32.0 Å². The van der Waals surface area contributed by atoms with Gasteiger partial charge in [-0.2, -0.15) is 0 Å². The van der Waals surface area contributed by atoms with Crippen LogP contribution in [0.5, 0.6) is 0 Å². The molecule has 1 aliphatic heterocycles. The third-order valence-electron chi connectivity index (χ3n) is 14.4. The van der Waals surface area contributed by atoms with Gasteiger partial charge in [0.2, 0.25) is 0 Å². The van der Waals surface area contributed by atoms with Crippen molar-refractivity contribution in [2.24, 2.45) is 11.8 Å². The highest BCUT2D eigenvalue weighted by atomic mass is 16.4. The van der Waals surface area contributed by atoms with Crippen LogP contribution >= 0.6 is 0 Å². The van der Waals surface area contributed by atoms with Gasteiger partial charge in [0.05, 0.1) is 6.04 Å². The Bertz CT molecular complexity index is 1470. The number of carboxylic acids is 2. The molecule has 1 unspecified atom stereocenters. The van der Waals surface area contributed by atoms with E-state index >= 15 is 0 Å². The van der Waals surface area contributed by atoms with Crippen molar-refractivity contribution in [1.29, 1.82) is 0 Å². The first-order valence-corrected chi connectivity index (χ1v) is 28.1. The van der Waals surface area contributed by atoms with E-state index in [0.717, 1.165) is 58.0 Å². The van der Waals surface area contributed by atoms with Gasteiger partial charge in [-0.3, -0.25) is 19.3 Å².